The third-order valence-electron chi connectivity index (χ3n) is 3.74. The Kier molecular flexibility index (Phi) is 3.85. The largest absolute Gasteiger partial charge is 0.457 e. The van der Waals surface area contributed by atoms with E-state index in [-0.39, 0.29) is 34.6 Å². The lowest BCUT2D eigenvalue weighted by molar-refractivity contribution is 0.0701. The minimum Gasteiger partial charge on any atom is -0.457 e. The quantitative estimate of drug-likeness (QED) is 0.401. The summed E-state index contributed by atoms with van der Waals surface area (Å²) < 4.78 is 28.7. The van der Waals surface area contributed by atoms with Crippen LogP contribution in [0.1, 0.15) is 26.5 Å². The van der Waals surface area contributed by atoms with Gasteiger partial charge in [-0.3, -0.25) is 4.79 Å². The number of hydrogen-bond acceptors (Lipinski definition) is 5. The van der Waals surface area contributed by atoms with Crippen LogP contribution < -0.4 is 9.47 Å². The van der Waals surface area contributed by atoms with E-state index in [4.69, 9.17) is 13.9 Å². The van der Waals surface area contributed by atoms with E-state index in [1.165, 1.54) is 48.7 Å². The van der Waals surface area contributed by atoms with Gasteiger partial charge >= 0.3 is 5.97 Å². The first kappa shape index (κ1) is 15.8. The molecule has 0 fully saturated rings. The molecule has 0 radical (unpaired) electrons. The van der Waals surface area contributed by atoms with Crippen molar-refractivity contribution in [2.45, 2.75) is 0 Å². The van der Waals surface area contributed by atoms with Gasteiger partial charge in [0.25, 0.3) is 0 Å². The fraction of sp³-hybridized carbons (Fsp3) is 0. The van der Waals surface area contributed by atoms with Gasteiger partial charge in [-0.1, -0.05) is 12.1 Å². The highest BCUT2D eigenvalue weighted by atomic mass is 19.1. The summed E-state index contributed by atoms with van der Waals surface area (Å²) in [6.45, 7) is 0. The van der Waals surface area contributed by atoms with Gasteiger partial charge in [-0.25, -0.2) is 9.18 Å². The van der Waals surface area contributed by atoms with E-state index in [1.54, 1.807) is 18.2 Å². The molecular formula is C20H11FO5. The number of ether oxygens (including phenoxy) is 2. The van der Waals surface area contributed by atoms with Gasteiger partial charge in [-0.05, 0) is 48.0 Å². The molecular weight excluding hydrogens is 339 g/mol. The Balaban J connectivity index is 1.56. The van der Waals surface area contributed by atoms with Crippen molar-refractivity contribution in [2.24, 2.45) is 0 Å². The average molecular weight is 350 g/mol. The molecule has 1 aliphatic heterocycles. The minimum atomic E-state index is -0.652. The molecule has 3 aromatic rings. The van der Waals surface area contributed by atoms with Crippen molar-refractivity contribution in [1.29, 1.82) is 0 Å². The summed E-state index contributed by atoms with van der Waals surface area (Å²) in [7, 11) is 0. The molecule has 1 aromatic heterocycles. The number of benzene rings is 2. The van der Waals surface area contributed by atoms with Gasteiger partial charge in [-0.15, -0.1) is 0 Å². The highest BCUT2D eigenvalue weighted by Crippen LogP contribution is 2.35. The molecule has 4 rings (SSSR count). The summed E-state index contributed by atoms with van der Waals surface area (Å²) >= 11 is 0. The van der Waals surface area contributed by atoms with Crippen LogP contribution in [0, 0.1) is 5.82 Å². The first-order chi connectivity index (χ1) is 12.6. The molecule has 0 unspecified atom stereocenters. The van der Waals surface area contributed by atoms with Gasteiger partial charge in [0.05, 0.1) is 11.8 Å². The van der Waals surface area contributed by atoms with E-state index in [0.717, 1.165) is 0 Å². The van der Waals surface area contributed by atoms with Gasteiger partial charge in [-0.2, -0.15) is 0 Å². The summed E-state index contributed by atoms with van der Waals surface area (Å²) in [5.41, 5.74) is 0.989. The Hall–Kier alpha value is -3.67. The number of carbonyl (C=O) groups excluding carboxylic acids is 2. The third-order valence-corrected chi connectivity index (χ3v) is 3.74. The Morgan fingerprint density at radius 3 is 2.62 bits per heavy atom. The molecule has 0 saturated heterocycles. The average Bonchev–Trinajstić information content (AvgIpc) is 3.26. The normalized spacial score (nSPS) is 14.2. The van der Waals surface area contributed by atoms with Crippen LogP contribution in [-0.4, -0.2) is 11.8 Å². The van der Waals surface area contributed by atoms with Crippen LogP contribution >= 0.6 is 0 Å². The second-order valence-corrected chi connectivity index (χ2v) is 5.52. The minimum absolute atomic E-state index is 0.0689. The van der Waals surface area contributed by atoms with Crippen molar-refractivity contribution in [3.8, 4) is 11.5 Å². The van der Waals surface area contributed by atoms with Crippen LogP contribution in [0.4, 0.5) is 4.39 Å². The molecule has 1 aliphatic rings. The number of furan rings is 1. The van der Waals surface area contributed by atoms with E-state index < -0.39 is 5.97 Å². The van der Waals surface area contributed by atoms with Crippen molar-refractivity contribution in [2.75, 3.05) is 0 Å². The number of rotatable bonds is 3. The smallest absolute Gasteiger partial charge is 0.379 e. The molecule has 0 saturated carbocycles. The van der Waals surface area contributed by atoms with Crippen molar-refractivity contribution in [3.05, 3.63) is 89.3 Å². The summed E-state index contributed by atoms with van der Waals surface area (Å²) in [6.07, 6.45) is 2.89. The standard InChI is InChI=1S/C20H11FO5/c21-13-5-3-12(4-6-13)10-18-19(22)15-8-7-14(11-17(15)26-18)25-20(23)16-2-1-9-24-16/h1-11H/b18-10+. The van der Waals surface area contributed by atoms with Gasteiger partial charge in [0.1, 0.15) is 17.3 Å². The van der Waals surface area contributed by atoms with E-state index >= 15 is 0 Å². The predicted molar refractivity (Wildman–Crippen MR) is 89.4 cm³/mol. The predicted octanol–water partition coefficient (Wildman–Crippen LogP) is 4.25. The van der Waals surface area contributed by atoms with Gasteiger partial charge in [0.2, 0.25) is 11.5 Å². The van der Waals surface area contributed by atoms with Crippen LogP contribution in [-0.2, 0) is 0 Å². The Morgan fingerprint density at radius 2 is 1.88 bits per heavy atom. The highest BCUT2D eigenvalue weighted by Gasteiger charge is 2.28. The van der Waals surface area contributed by atoms with E-state index in [0.29, 0.717) is 11.1 Å². The van der Waals surface area contributed by atoms with Crippen LogP contribution in [0.2, 0.25) is 0 Å². The number of carbonyl (C=O) groups is 2. The Labute approximate surface area is 147 Å². The Morgan fingerprint density at radius 1 is 1.08 bits per heavy atom. The summed E-state index contributed by atoms with van der Waals surface area (Å²) in [5, 5.41) is 0. The maximum atomic E-state index is 13.0. The van der Waals surface area contributed by atoms with Crippen LogP contribution in [0.5, 0.6) is 11.5 Å². The lowest BCUT2D eigenvalue weighted by atomic mass is 10.1. The molecule has 0 bridgehead atoms. The second-order valence-electron chi connectivity index (χ2n) is 5.52. The van der Waals surface area contributed by atoms with Gasteiger partial charge < -0.3 is 13.9 Å². The summed E-state index contributed by atoms with van der Waals surface area (Å²) in [5.74, 6) is -0.624. The molecule has 2 aromatic carbocycles. The van der Waals surface area contributed by atoms with E-state index in [9.17, 15) is 14.0 Å². The fourth-order valence-electron chi connectivity index (χ4n) is 2.49. The number of halogens is 1. The zero-order valence-electron chi connectivity index (χ0n) is 13.3. The summed E-state index contributed by atoms with van der Waals surface area (Å²) in [4.78, 5) is 24.3. The molecule has 0 amide bonds. The maximum absolute atomic E-state index is 13.0. The monoisotopic (exact) mass is 350 g/mol. The lowest BCUT2D eigenvalue weighted by Crippen LogP contribution is -2.07. The van der Waals surface area contributed by atoms with Crippen LogP contribution in [0.3, 0.4) is 0 Å². The van der Waals surface area contributed by atoms with E-state index in [2.05, 4.69) is 0 Å². The number of esters is 1. The maximum Gasteiger partial charge on any atom is 0.379 e. The zero-order chi connectivity index (χ0) is 18.1. The number of Topliss-reactive ketones (excluding diaryl/α,β-unsaturated/α-hetero) is 1. The molecule has 0 spiro atoms. The molecule has 0 atom stereocenters. The molecule has 0 aliphatic carbocycles. The van der Waals surface area contributed by atoms with Crippen molar-refractivity contribution in [3.63, 3.8) is 0 Å². The first-order valence-electron chi connectivity index (χ1n) is 7.70. The third kappa shape index (κ3) is 3.00. The molecule has 26 heavy (non-hydrogen) atoms. The van der Waals surface area contributed by atoms with Crippen molar-refractivity contribution in [1.82, 2.24) is 0 Å². The first-order valence-corrected chi connectivity index (χ1v) is 7.70. The molecule has 0 N–H and O–H groups in total. The number of hydrogen-bond donors (Lipinski definition) is 0. The topological polar surface area (TPSA) is 65.7 Å². The molecule has 2 heterocycles. The fourth-order valence-corrected chi connectivity index (χ4v) is 2.49. The molecule has 6 heteroatoms. The SMILES string of the molecule is O=C(Oc1ccc2c(c1)O/C(=C/c1ccc(F)cc1)C2=O)c1ccco1. The number of fused-ring (bicyclic) bond motifs is 1. The van der Waals surface area contributed by atoms with Crippen molar-refractivity contribution < 1.29 is 27.9 Å². The van der Waals surface area contributed by atoms with Gasteiger partial charge in [0.15, 0.2) is 5.76 Å². The Bertz CT molecular complexity index is 1020. The zero-order valence-corrected chi connectivity index (χ0v) is 13.3. The van der Waals surface area contributed by atoms with E-state index in [1.807, 2.05) is 0 Å². The number of allylic oxidation sites excluding steroid dienone is 1. The summed E-state index contributed by atoms with van der Waals surface area (Å²) in [6, 6.07) is 13.2. The molecule has 128 valence electrons. The number of ketones is 1. The van der Waals surface area contributed by atoms with Crippen LogP contribution in [0.25, 0.3) is 6.08 Å². The van der Waals surface area contributed by atoms with Gasteiger partial charge in [0, 0.05) is 6.07 Å². The van der Waals surface area contributed by atoms with Crippen molar-refractivity contribution >= 4 is 17.8 Å². The lowest BCUT2D eigenvalue weighted by Gasteiger charge is -2.04. The second kappa shape index (κ2) is 6.33. The highest BCUT2D eigenvalue weighted by molar-refractivity contribution is 6.14. The van der Waals surface area contributed by atoms with Crippen LogP contribution in [0.15, 0.2) is 71.0 Å². The molecule has 5 nitrogen and oxygen atoms in total.